The normalized spacial score (nSPS) is 16.9. The van der Waals surface area contributed by atoms with Gasteiger partial charge in [-0.2, -0.15) is 18.3 Å². The Labute approximate surface area is 159 Å². The number of carboxylic acid groups (broad SMARTS) is 1. The zero-order valence-corrected chi connectivity index (χ0v) is 15.4. The van der Waals surface area contributed by atoms with E-state index in [1.807, 2.05) is 53.2 Å². The minimum atomic E-state index is -5.08. The van der Waals surface area contributed by atoms with Crippen LogP contribution in [0, 0.1) is 6.92 Å². The standard InChI is InChI=1S/C16H20N4O.C2HF3O2/c1-12-9-18-20(10-12)15-5-3-14(4-6-15)16(21)19-8-7-17-13(2)11-19;3-2(4,5)1(6)7/h3-6,9-10,13,17H,7-8,11H2,1-2H3;(H,6,7). The van der Waals surface area contributed by atoms with Crippen molar-refractivity contribution in [2.24, 2.45) is 0 Å². The number of halogens is 3. The molecular weight excluding hydrogens is 377 g/mol. The third kappa shape index (κ3) is 5.81. The summed E-state index contributed by atoms with van der Waals surface area (Å²) in [7, 11) is 0. The lowest BCUT2D eigenvalue weighted by molar-refractivity contribution is -0.192. The van der Waals surface area contributed by atoms with Crippen molar-refractivity contribution in [2.75, 3.05) is 19.6 Å². The van der Waals surface area contributed by atoms with Crippen molar-refractivity contribution in [3.63, 3.8) is 0 Å². The Hall–Kier alpha value is -2.88. The molecule has 1 aliphatic heterocycles. The Kier molecular flexibility index (Phi) is 6.79. The third-order valence-corrected chi connectivity index (χ3v) is 3.99. The smallest absolute Gasteiger partial charge is 0.475 e. The number of carbonyl (C=O) groups excluding carboxylic acids is 1. The Morgan fingerprint density at radius 3 is 2.32 bits per heavy atom. The second-order valence-corrected chi connectivity index (χ2v) is 6.42. The lowest BCUT2D eigenvalue weighted by Crippen LogP contribution is -2.51. The number of hydrogen-bond donors (Lipinski definition) is 2. The summed E-state index contributed by atoms with van der Waals surface area (Å²) in [5.74, 6) is -2.65. The van der Waals surface area contributed by atoms with Crippen LogP contribution in [0.2, 0.25) is 0 Å². The molecule has 1 aromatic heterocycles. The first-order valence-electron chi connectivity index (χ1n) is 8.52. The molecule has 2 heterocycles. The van der Waals surface area contributed by atoms with Gasteiger partial charge in [0.05, 0.1) is 11.9 Å². The van der Waals surface area contributed by atoms with Crippen LogP contribution in [-0.4, -0.2) is 63.5 Å². The van der Waals surface area contributed by atoms with Crippen LogP contribution in [0.25, 0.3) is 5.69 Å². The topological polar surface area (TPSA) is 87.5 Å². The fourth-order valence-electron chi connectivity index (χ4n) is 2.61. The number of hydrogen-bond acceptors (Lipinski definition) is 4. The minimum Gasteiger partial charge on any atom is -0.475 e. The molecule has 1 atom stereocenters. The molecule has 1 unspecified atom stereocenters. The molecule has 28 heavy (non-hydrogen) atoms. The maximum Gasteiger partial charge on any atom is 0.490 e. The summed E-state index contributed by atoms with van der Waals surface area (Å²) in [6.45, 7) is 6.50. The van der Waals surface area contributed by atoms with Gasteiger partial charge in [-0.05, 0) is 43.7 Å². The number of aryl methyl sites for hydroxylation is 1. The van der Waals surface area contributed by atoms with Gasteiger partial charge in [-0.1, -0.05) is 0 Å². The summed E-state index contributed by atoms with van der Waals surface area (Å²) in [5.41, 5.74) is 2.81. The number of carboxylic acids is 1. The number of piperazine rings is 1. The average molecular weight is 398 g/mol. The van der Waals surface area contributed by atoms with Crippen LogP contribution >= 0.6 is 0 Å². The van der Waals surface area contributed by atoms with Gasteiger partial charge in [-0.15, -0.1) is 0 Å². The van der Waals surface area contributed by atoms with E-state index in [2.05, 4.69) is 17.3 Å². The SMILES string of the molecule is Cc1cnn(-c2ccc(C(=O)N3CCNC(C)C3)cc2)c1.O=C(O)C(F)(F)F. The summed E-state index contributed by atoms with van der Waals surface area (Å²) < 4.78 is 33.6. The first-order chi connectivity index (χ1) is 13.1. The number of aromatic nitrogens is 2. The molecule has 3 rings (SSSR count). The molecule has 10 heteroatoms. The Bertz CT molecular complexity index is 818. The number of aliphatic carboxylic acids is 1. The van der Waals surface area contributed by atoms with E-state index < -0.39 is 12.1 Å². The van der Waals surface area contributed by atoms with Crippen molar-refractivity contribution in [1.29, 1.82) is 0 Å². The molecule has 0 saturated carbocycles. The van der Waals surface area contributed by atoms with Crippen LogP contribution in [0.5, 0.6) is 0 Å². The highest BCUT2D eigenvalue weighted by molar-refractivity contribution is 5.94. The van der Waals surface area contributed by atoms with E-state index in [0.29, 0.717) is 6.04 Å². The van der Waals surface area contributed by atoms with Crippen molar-refractivity contribution in [3.05, 3.63) is 47.8 Å². The Morgan fingerprint density at radius 1 is 1.25 bits per heavy atom. The third-order valence-electron chi connectivity index (χ3n) is 3.99. The second kappa shape index (κ2) is 8.87. The first-order valence-corrected chi connectivity index (χ1v) is 8.52. The van der Waals surface area contributed by atoms with Crippen LogP contribution in [0.1, 0.15) is 22.8 Å². The number of benzene rings is 1. The quantitative estimate of drug-likeness (QED) is 0.810. The van der Waals surface area contributed by atoms with E-state index in [4.69, 9.17) is 9.90 Å². The summed E-state index contributed by atoms with van der Waals surface area (Å²) in [6.07, 6.45) is -1.30. The van der Waals surface area contributed by atoms with Gasteiger partial charge in [0.1, 0.15) is 0 Å². The number of nitrogens with zero attached hydrogens (tertiary/aromatic N) is 3. The number of alkyl halides is 3. The minimum absolute atomic E-state index is 0.103. The fraction of sp³-hybridized carbons (Fsp3) is 0.389. The molecule has 1 fully saturated rings. The van der Waals surface area contributed by atoms with Gasteiger partial charge in [0.15, 0.2) is 0 Å². The van der Waals surface area contributed by atoms with Gasteiger partial charge in [-0.25, -0.2) is 9.48 Å². The highest BCUT2D eigenvalue weighted by atomic mass is 19.4. The van der Waals surface area contributed by atoms with E-state index in [0.717, 1.165) is 36.4 Å². The molecule has 1 saturated heterocycles. The number of rotatable bonds is 2. The molecule has 0 spiro atoms. The summed E-state index contributed by atoms with van der Waals surface area (Å²) in [6, 6.07) is 7.98. The van der Waals surface area contributed by atoms with E-state index in [1.165, 1.54) is 0 Å². The lowest BCUT2D eigenvalue weighted by atomic mass is 10.1. The van der Waals surface area contributed by atoms with Crippen molar-refractivity contribution < 1.29 is 27.9 Å². The maximum absolute atomic E-state index is 12.5. The molecule has 1 amide bonds. The molecule has 0 aliphatic carbocycles. The lowest BCUT2D eigenvalue weighted by Gasteiger charge is -2.32. The van der Waals surface area contributed by atoms with Gasteiger partial charge >= 0.3 is 12.1 Å². The van der Waals surface area contributed by atoms with Crippen LogP contribution in [0.4, 0.5) is 13.2 Å². The first kappa shape index (κ1) is 21.4. The van der Waals surface area contributed by atoms with E-state index >= 15 is 0 Å². The molecule has 2 aromatic rings. The van der Waals surface area contributed by atoms with E-state index in [1.54, 1.807) is 0 Å². The average Bonchev–Trinajstić information content (AvgIpc) is 3.07. The molecule has 152 valence electrons. The summed E-state index contributed by atoms with van der Waals surface area (Å²) >= 11 is 0. The number of carbonyl (C=O) groups is 2. The van der Waals surface area contributed by atoms with Crippen LogP contribution in [0.15, 0.2) is 36.7 Å². The van der Waals surface area contributed by atoms with Crippen molar-refractivity contribution in [3.8, 4) is 5.69 Å². The second-order valence-electron chi connectivity index (χ2n) is 6.42. The number of amides is 1. The van der Waals surface area contributed by atoms with Crippen LogP contribution in [-0.2, 0) is 4.79 Å². The maximum atomic E-state index is 12.5. The van der Waals surface area contributed by atoms with Gasteiger partial charge in [-0.3, -0.25) is 4.79 Å². The summed E-state index contributed by atoms with van der Waals surface area (Å²) in [4.78, 5) is 23.3. The molecular formula is C18H21F3N4O3. The van der Waals surface area contributed by atoms with Gasteiger partial charge in [0.25, 0.3) is 5.91 Å². The zero-order chi connectivity index (χ0) is 20.9. The molecule has 0 radical (unpaired) electrons. The predicted molar refractivity (Wildman–Crippen MR) is 95.4 cm³/mol. The molecule has 2 N–H and O–H groups in total. The largest absolute Gasteiger partial charge is 0.490 e. The van der Waals surface area contributed by atoms with E-state index in [-0.39, 0.29) is 5.91 Å². The van der Waals surface area contributed by atoms with Gasteiger partial charge in [0.2, 0.25) is 0 Å². The monoisotopic (exact) mass is 398 g/mol. The van der Waals surface area contributed by atoms with Gasteiger partial charge < -0.3 is 15.3 Å². The van der Waals surface area contributed by atoms with Crippen LogP contribution in [0.3, 0.4) is 0 Å². The predicted octanol–water partition coefficient (Wildman–Crippen LogP) is 2.25. The highest BCUT2D eigenvalue weighted by Crippen LogP contribution is 2.14. The fourth-order valence-corrected chi connectivity index (χ4v) is 2.61. The van der Waals surface area contributed by atoms with Crippen molar-refractivity contribution in [2.45, 2.75) is 26.1 Å². The molecule has 7 nitrogen and oxygen atoms in total. The molecule has 1 aromatic carbocycles. The molecule has 0 bridgehead atoms. The highest BCUT2D eigenvalue weighted by Gasteiger charge is 2.38. The Morgan fingerprint density at radius 2 is 1.86 bits per heavy atom. The molecule has 1 aliphatic rings. The van der Waals surface area contributed by atoms with E-state index in [9.17, 15) is 18.0 Å². The van der Waals surface area contributed by atoms with Crippen LogP contribution < -0.4 is 5.32 Å². The summed E-state index contributed by atoms with van der Waals surface area (Å²) in [5, 5.41) is 14.7. The zero-order valence-electron chi connectivity index (χ0n) is 15.4. The Balaban J connectivity index is 0.000000345. The van der Waals surface area contributed by atoms with Gasteiger partial charge in [0, 0.05) is 37.4 Å². The van der Waals surface area contributed by atoms with Crippen molar-refractivity contribution >= 4 is 11.9 Å². The number of nitrogens with one attached hydrogen (secondary N) is 1. The van der Waals surface area contributed by atoms with Crippen molar-refractivity contribution in [1.82, 2.24) is 20.0 Å².